The standard InChI is InChI=1S/C19H19ClN4O2S3/c20-16-4-3-14(29-16)11-23-5-7-24(8-6-23)17(25)10-13-12-28-19(21-13)22-18(26)15-2-1-9-27-15/h1-4,9,12H,5-8,10-11H2,(H,21,22,26). The Morgan fingerprint density at radius 2 is 1.97 bits per heavy atom. The Labute approximate surface area is 185 Å². The number of amides is 2. The van der Waals surface area contributed by atoms with Gasteiger partial charge in [-0.15, -0.1) is 34.0 Å². The predicted molar refractivity (Wildman–Crippen MR) is 119 cm³/mol. The molecule has 1 fully saturated rings. The zero-order chi connectivity index (χ0) is 20.2. The number of carbonyl (C=O) groups excluding carboxylic acids is 2. The highest BCUT2D eigenvalue weighted by molar-refractivity contribution is 7.16. The Kier molecular flexibility index (Phi) is 6.61. The molecule has 10 heteroatoms. The van der Waals surface area contributed by atoms with Crippen LogP contribution in [-0.4, -0.2) is 52.8 Å². The van der Waals surface area contributed by atoms with Crippen molar-refractivity contribution >= 4 is 62.6 Å². The average Bonchev–Trinajstić information content (AvgIpc) is 3.45. The van der Waals surface area contributed by atoms with Gasteiger partial charge in [0.15, 0.2) is 5.13 Å². The van der Waals surface area contributed by atoms with Gasteiger partial charge in [-0.1, -0.05) is 17.7 Å². The van der Waals surface area contributed by atoms with E-state index in [0.29, 0.717) is 28.8 Å². The summed E-state index contributed by atoms with van der Waals surface area (Å²) in [7, 11) is 0. The highest BCUT2D eigenvalue weighted by Crippen LogP contribution is 2.23. The van der Waals surface area contributed by atoms with Gasteiger partial charge in [-0.25, -0.2) is 4.98 Å². The summed E-state index contributed by atoms with van der Waals surface area (Å²) in [4.78, 5) is 35.2. The minimum absolute atomic E-state index is 0.0743. The number of thiophene rings is 2. The molecule has 2 amide bonds. The van der Waals surface area contributed by atoms with E-state index < -0.39 is 0 Å². The van der Waals surface area contributed by atoms with E-state index in [4.69, 9.17) is 11.6 Å². The maximum atomic E-state index is 12.6. The molecule has 0 aromatic carbocycles. The first-order valence-corrected chi connectivity index (χ1v) is 12.1. The summed E-state index contributed by atoms with van der Waals surface area (Å²) in [6.07, 6.45) is 0.256. The second-order valence-corrected chi connectivity index (χ2v) is 10.2. The first-order chi connectivity index (χ1) is 14.1. The third kappa shape index (κ3) is 5.43. The summed E-state index contributed by atoms with van der Waals surface area (Å²) < 4.78 is 0.808. The number of nitrogens with one attached hydrogen (secondary N) is 1. The maximum absolute atomic E-state index is 12.6. The van der Waals surface area contributed by atoms with E-state index in [1.165, 1.54) is 27.6 Å². The lowest BCUT2D eigenvalue weighted by atomic mass is 10.2. The van der Waals surface area contributed by atoms with Gasteiger partial charge in [0.1, 0.15) is 0 Å². The summed E-state index contributed by atoms with van der Waals surface area (Å²) in [6, 6.07) is 7.58. The van der Waals surface area contributed by atoms with E-state index in [-0.39, 0.29) is 18.2 Å². The number of thiazole rings is 1. The number of hydrogen-bond donors (Lipinski definition) is 1. The quantitative estimate of drug-likeness (QED) is 0.595. The summed E-state index contributed by atoms with van der Waals surface area (Å²) >= 11 is 10.3. The zero-order valence-electron chi connectivity index (χ0n) is 15.5. The fourth-order valence-electron chi connectivity index (χ4n) is 3.09. The average molecular weight is 467 g/mol. The second-order valence-electron chi connectivity index (χ2n) is 6.61. The molecule has 0 atom stereocenters. The van der Waals surface area contributed by atoms with Crippen molar-refractivity contribution < 1.29 is 9.59 Å². The second kappa shape index (κ2) is 9.36. The van der Waals surface area contributed by atoms with Crippen molar-refractivity contribution in [2.24, 2.45) is 0 Å². The van der Waals surface area contributed by atoms with Crippen LogP contribution in [0.1, 0.15) is 20.2 Å². The van der Waals surface area contributed by atoms with E-state index >= 15 is 0 Å². The topological polar surface area (TPSA) is 65.5 Å². The minimum Gasteiger partial charge on any atom is -0.340 e. The van der Waals surface area contributed by atoms with Gasteiger partial charge in [0, 0.05) is 43.0 Å². The van der Waals surface area contributed by atoms with Crippen LogP contribution in [0, 0.1) is 0 Å². The Balaban J connectivity index is 1.25. The molecular formula is C19H19ClN4O2S3. The third-order valence-corrected chi connectivity index (χ3v) is 7.47. The molecule has 0 bridgehead atoms. The molecule has 1 saturated heterocycles. The fraction of sp³-hybridized carbons (Fsp3) is 0.316. The van der Waals surface area contributed by atoms with E-state index in [1.54, 1.807) is 17.4 Å². The van der Waals surface area contributed by atoms with Gasteiger partial charge in [-0.3, -0.25) is 19.8 Å². The molecule has 29 heavy (non-hydrogen) atoms. The molecule has 0 aliphatic carbocycles. The van der Waals surface area contributed by atoms with Crippen LogP contribution in [-0.2, 0) is 17.8 Å². The van der Waals surface area contributed by atoms with E-state index in [2.05, 4.69) is 21.3 Å². The highest BCUT2D eigenvalue weighted by atomic mass is 35.5. The minimum atomic E-state index is -0.171. The van der Waals surface area contributed by atoms with E-state index in [0.717, 1.165) is 24.0 Å². The van der Waals surface area contributed by atoms with Crippen molar-refractivity contribution in [3.63, 3.8) is 0 Å². The number of halogens is 1. The molecule has 4 heterocycles. The number of rotatable bonds is 6. The van der Waals surface area contributed by atoms with E-state index in [9.17, 15) is 9.59 Å². The fourth-order valence-corrected chi connectivity index (χ4v) is 5.55. The monoisotopic (exact) mass is 466 g/mol. The van der Waals surface area contributed by atoms with Gasteiger partial charge in [0.05, 0.1) is 21.3 Å². The number of piperazine rings is 1. The number of carbonyl (C=O) groups is 2. The Hall–Kier alpha value is -1.78. The zero-order valence-corrected chi connectivity index (χ0v) is 18.7. The number of anilines is 1. The number of nitrogens with zero attached hydrogens (tertiary/aromatic N) is 3. The largest absolute Gasteiger partial charge is 0.340 e. The van der Waals surface area contributed by atoms with Crippen LogP contribution in [0.2, 0.25) is 4.34 Å². The maximum Gasteiger partial charge on any atom is 0.267 e. The Morgan fingerprint density at radius 1 is 1.14 bits per heavy atom. The van der Waals surface area contributed by atoms with E-state index in [1.807, 2.05) is 27.8 Å². The number of hydrogen-bond acceptors (Lipinski definition) is 7. The molecule has 0 spiro atoms. The molecule has 0 radical (unpaired) electrons. The van der Waals surface area contributed by atoms with Crippen LogP contribution in [0.5, 0.6) is 0 Å². The van der Waals surface area contributed by atoms with Gasteiger partial charge in [0.2, 0.25) is 5.91 Å². The lowest BCUT2D eigenvalue weighted by molar-refractivity contribution is -0.132. The first kappa shape index (κ1) is 20.5. The van der Waals surface area contributed by atoms with Gasteiger partial charge in [0.25, 0.3) is 5.91 Å². The normalized spacial score (nSPS) is 14.9. The molecule has 4 rings (SSSR count). The molecule has 6 nitrogen and oxygen atoms in total. The molecular weight excluding hydrogens is 448 g/mol. The van der Waals surface area contributed by atoms with Crippen molar-refractivity contribution in [1.82, 2.24) is 14.8 Å². The summed E-state index contributed by atoms with van der Waals surface area (Å²) in [6.45, 7) is 3.99. The molecule has 1 aliphatic rings. The number of aromatic nitrogens is 1. The molecule has 0 unspecified atom stereocenters. The van der Waals surface area contributed by atoms with Crippen molar-refractivity contribution in [3.8, 4) is 0 Å². The van der Waals surface area contributed by atoms with Gasteiger partial charge in [-0.05, 0) is 23.6 Å². The van der Waals surface area contributed by atoms with Crippen LogP contribution in [0.15, 0.2) is 35.0 Å². The van der Waals surface area contributed by atoms with Crippen LogP contribution in [0.3, 0.4) is 0 Å². The van der Waals surface area contributed by atoms with Crippen LogP contribution in [0.4, 0.5) is 5.13 Å². The van der Waals surface area contributed by atoms with Crippen molar-refractivity contribution in [3.05, 3.63) is 54.8 Å². The van der Waals surface area contributed by atoms with Crippen molar-refractivity contribution in [2.45, 2.75) is 13.0 Å². The van der Waals surface area contributed by atoms with Crippen molar-refractivity contribution in [1.29, 1.82) is 0 Å². The first-order valence-electron chi connectivity index (χ1n) is 9.10. The Bertz CT molecular complexity index is 977. The van der Waals surface area contributed by atoms with Crippen LogP contribution in [0.25, 0.3) is 0 Å². The summed E-state index contributed by atoms with van der Waals surface area (Å²) in [5.74, 6) is -0.0966. The lowest BCUT2D eigenvalue weighted by Crippen LogP contribution is -2.48. The lowest BCUT2D eigenvalue weighted by Gasteiger charge is -2.34. The van der Waals surface area contributed by atoms with Gasteiger partial charge >= 0.3 is 0 Å². The summed E-state index contributed by atoms with van der Waals surface area (Å²) in [5.41, 5.74) is 0.692. The molecule has 3 aromatic heterocycles. The van der Waals surface area contributed by atoms with Gasteiger partial charge < -0.3 is 4.90 Å². The van der Waals surface area contributed by atoms with Gasteiger partial charge in [-0.2, -0.15) is 0 Å². The third-order valence-electron chi connectivity index (χ3n) is 4.58. The molecule has 1 aliphatic heterocycles. The smallest absolute Gasteiger partial charge is 0.267 e. The van der Waals surface area contributed by atoms with Crippen LogP contribution >= 0.6 is 45.6 Å². The molecule has 152 valence electrons. The molecule has 3 aromatic rings. The van der Waals surface area contributed by atoms with Crippen LogP contribution < -0.4 is 5.32 Å². The molecule has 1 N–H and O–H groups in total. The summed E-state index contributed by atoms with van der Waals surface area (Å²) in [5, 5.41) is 7.00. The SMILES string of the molecule is O=C(Nc1nc(CC(=O)N2CCN(Cc3ccc(Cl)s3)CC2)cs1)c1cccs1. The van der Waals surface area contributed by atoms with Crippen molar-refractivity contribution in [2.75, 3.05) is 31.5 Å². The molecule has 0 saturated carbocycles. The Morgan fingerprint density at radius 3 is 2.66 bits per heavy atom. The predicted octanol–water partition coefficient (Wildman–Crippen LogP) is 4.06. The highest BCUT2D eigenvalue weighted by Gasteiger charge is 2.22.